The Hall–Kier alpha value is -2.68. The van der Waals surface area contributed by atoms with Crippen LogP contribution in [0.5, 0.6) is 5.75 Å². The van der Waals surface area contributed by atoms with Crippen molar-refractivity contribution in [3.8, 4) is 17.0 Å². The van der Waals surface area contributed by atoms with Crippen molar-refractivity contribution < 1.29 is 33.3 Å². The van der Waals surface area contributed by atoms with Gasteiger partial charge < -0.3 is 0 Å². The predicted molar refractivity (Wildman–Crippen MR) is 149 cm³/mol. The minimum atomic E-state index is -4.37. The number of aryl methyl sites for hydroxylation is 1. The fourth-order valence-corrected chi connectivity index (χ4v) is 7.06. The number of ether oxygens (including phenoxy) is 2. The molecular weight excluding hydrogens is 587 g/mol. The summed E-state index contributed by atoms with van der Waals surface area (Å²) in [7, 11) is -3.17. The van der Waals surface area contributed by atoms with Gasteiger partial charge in [0.15, 0.2) is 0 Å². The second-order valence-corrected chi connectivity index (χ2v) is 12.9. The zero-order valence-electron chi connectivity index (χ0n) is 22.0. The summed E-state index contributed by atoms with van der Waals surface area (Å²) < 4.78 is 23.9. The summed E-state index contributed by atoms with van der Waals surface area (Å²) in [4.78, 5) is 53.7. The van der Waals surface area contributed by atoms with Crippen molar-refractivity contribution in [1.29, 1.82) is 0 Å². The number of nitrogens with one attached hydrogen (secondary N) is 2. The molecule has 1 aliphatic rings. The number of aliphatic hydroxyl groups excluding tert-OH is 1. The fourth-order valence-electron chi connectivity index (χ4n) is 4.20. The Morgan fingerprint density at radius 3 is 2.62 bits per heavy atom. The summed E-state index contributed by atoms with van der Waals surface area (Å²) in [5.74, 6) is -1.00. The number of hydrogen-bond acceptors (Lipinski definition) is 12. The number of esters is 1. The molecule has 1 aliphatic heterocycles. The molecule has 0 spiro atoms. The molecule has 4 N–H and O–H groups in total. The van der Waals surface area contributed by atoms with Crippen LogP contribution in [0.2, 0.25) is 4.34 Å². The number of carbonyl (C=O) groups is 1. The number of hydrogen-bond donors (Lipinski definition) is 4. The molecule has 0 radical (unpaired) electrons. The number of carbonyl (C=O) groups excluding carboxylic acids is 1. The third-order valence-corrected chi connectivity index (χ3v) is 9.32. The van der Waals surface area contributed by atoms with E-state index in [1.54, 1.807) is 31.2 Å². The third kappa shape index (κ3) is 6.78. The van der Waals surface area contributed by atoms with Gasteiger partial charge in [-0.25, -0.2) is 0 Å². The van der Waals surface area contributed by atoms with E-state index < -0.39 is 55.7 Å². The van der Waals surface area contributed by atoms with E-state index in [4.69, 9.17) is 30.1 Å². The quantitative estimate of drug-likeness (QED) is 0.194. The van der Waals surface area contributed by atoms with Crippen molar-refractivity contribution in [2.75, 3.05) is 13.7 Å². The van der Waals surface area contributed by atoms with E-state index in [1.165, 1.54) is 37.6 Å². The van der Waals surface area contributed by atoms with Crippen molar-refractivity contribution in [2.24, 2.45) is 5.92 Å². The predicted octanol–water partition coefficient (Wildman–Crippen LogP) is 2.17. The van der Waals surface area contributed by atoms with Gasteiger partial charge in [0.05, 0.1) is 0 Å². The molecular formula is C24H30ClN4O9PS. The molecule has 1 fully saturated rings. The number of H-pyrrole nitrogens is 1. The van der Waals surface area contributed by atoms with Crippen molar-refractivity contribution in [3.05, 3.63) is 66.7 Å². The van der Waals surface area contributed by atoms with Gasteiger partial charge >= 0.3 is 239 Å². The Bertz CT molecular complexity index is 1470. The van der Waals surface area contributed by atoms with Gasteiger partial charge in [-0.2, -0.15) is 0 Å². The number of thiazole rings is 1. The molecule has 1 saturated heterocycles. The van der Waals surface area contributed by atoms with Crippen LogP contribution >= 0.6 is 31.0 Å². The molecule has 0 unspecified atom stereocenters. The zero-order valence-corrected chi connectivity index (χ0v) is 24.6. The number of methoxy groups -OCH3 is 1. The fraction of sp³-hybridized carbons (Fsp3) is 0.417. The molecule has 40 heavy (non-hydrogen) atoms. The normalized spacial score (nSPS) is 22.2. The standard InChI is InChI=1S/C24H30ClN4O9PS/c1-12-20(31)17(37-22(12)29-10-9-18(30)27-24(29)33)11-36-39(34,28-13(2)23(32)35-4)38-16-7-5-15(6-8-16)19-21(25)40-14(3)26-19/h5-10,12-13,17,20,22,28,31,34,39H,11H2,1-4H3,(H,27,30,33)/t12-,13-,17+,20-,22+/m0/s1. The topological polar surface area (TPSA) is 174 Å². The van der Waals surface area contributed by atoms with E-state index in [1.807, 2.05) is 6.92 Å². The van der Waals surface area contributed by atoms with Crippen LogP contribution in [0.15, 0.2) is 46.1 Å². The van der Waals surface area contributed by atoms with Crippen LogP contribution in [0, 0.1) is 12.8 Å². The molecule has 5 atom stereocenters. The van der Waals surface area contributed by atoms with Crippen LogP contribution in [0.4, 0.5) is 0 Å². The molecule has 1 aromatic carbocycles. The Kier molecular flexibility index (Phi) is 9.43. The first kappa shape index (κ1) is 30.3. The first-order valence-electron chi connectivity index (χ1n) is 12.2. The van der Waals surface area contributed by atoms with E-state index in [0.717, 1.165) is 15.1 Å². The molecule has 218 valence electrons. The Morgan fingerprint density at radius 2 is 2.02 bits per heavy atom. The van der Waals surface area contributed by atoms with E-state index in [2.05, 4.69) is 15.1 Å². The van der Waals surface area contributed by atoms with Crippen molar-refractivity contribution in [2.45, 2.75) is 45.2 Å². The van der Waals surface area contributed by atoms with Crippen LogP contribution in [0.1, 0.15) is 25.1 Å². The SMILES string of the molecule is COC(=O)[C@H](C)N[PH](O)(OC[C@H]1O[C@@H](n2ccc(=O)[nH]c2=O)[C@@H](C)[C@@H]1O)Oc1ccc(-c2nc(C)sc2Cl)cc1. The zero-order chi connectivity index (χ0) is 29.2. The summed E-state index contributed by atoms with van der Waals surface area (Å²) in [6.07, 6.45) is -1.70. The number of aromatic nitrogens is 3. The van der Waals surface area contributed by atoms with E-state index in [0.29, 0.717) is 10.0 Å². The Balaban J connectivity index is 1.51. The average molecular weight is 617 g/mol. The van der Waals surface area contributed by atoms with E-state index >= 15 is 0 Å². The number of benzene rings is 1. The number of rotatable bonds is 10. The van der Waals surface area contributed by atoms with Gasteiger partial charge in [0.25, 0.3) is 0 Å². The first-order valence-corrected chi connectivity index (χ1v) is 15.2. The first-order chi connectivity index (χ1) is 18.9. The summed E-state index contributed by atoms with van der Waals surface area (Å²) in [6.45, 7) is 4.63. The average Bonchev–Trinajstić information content (AvgIpc) is 3.39. The summed E-state index contributed by atoms with van der Waals surface area (Å²) in [6, 6.07) is 6.78. The summed E-state index contributed by atoms with van der Waals surface area (Å²) >= 11 is 7.63. The van der Waals surface area contributed by atoms with Gasteiger partial charge in [0.2, 0.25) is 0 Å². The van der Waals surface area contributed by atoms with Crippen molar-refractivity contribution in [1.82, 2.24) is 19.6 Å². The maximum atomic E-state index is 12.3. The molecule has 0 bridgehead atoms. The Labute approximate surface area is 238 Å². The van der Waals surface area contributed by atoms with Crippen LogP contribution in [0.25, 0.3) is 11.3 Å². The van der Waals surface area contributed by atoms with Crippen LogP contribution in [-0.2, 0) is 18.8 Å². The van der Waals surface area contributed by atoms with Crippen LogP contribution < -0.4 is 20.9 Å². The van der Waals surface area contributed by atoms with Gasteiger partial charge in [0.1, 0.15) is 0 Å². The molecule has 0 aliphatic carbocycles. The summed E-state index contributed by atoms with van der Waals surface area (Å²) in [5, 5.41) is 14.3. The monoisotopic (exact) mass is 616 g/mol. The molecule has 13 nitrogen and oxygen atoms in total. The van der Waals surface area contributed by atoms with Gasteiger partial charge in [-0.3, -0.25) is 0 Å². The minimum absolute atomic E-state index is 0.226. The van der Waals surface area contributed by atoms with Gasteiger partial charge in [-0.15, -0.1) is 0 Å². The number of nitrogens with zero attached hydrogens (tertiary/aromatic N) is 2. The molecule has 0 amide bonds. The van der Waals surface area contributed by atoms with E-state index in [-0.39, 0.29) is 12.4 Å². The van der Waals surface area contributed by atoms with Gasteiger partial charge in [0, 0.05) is 0 Å². The number of aromatic amines is 1. The molecule has 0 saturated carbocycles. The molecule has 4 rings (SSSR count). The second-order valence-electron chi connectivity index (χ2n) is 9.20. The van der Waals surface area contributed by atoms with Crippen molar-refractivity contribution >= 4 is 37.0 Å². The number of aliphatic hydroxyl groups is 1. The Morgan fingerprint density at radius 1 is 1.32 bits per heavy atom. The van der Waals surface area contributed by atoms with E-state index in [9.17, 15) is 24.4 Å². The van der Waals surface area contributed by atoms with Crippen molar-refractivity contribution in [3.63, 3.8) is 0 Å². The maximum absolute atomic E-state index is 12.3. The van der Waals surface area contributed by atoms with Gasteiger partial charge in [-0.1, -0.05) is 0 Å². The van der Waals surface area contributed by atoms with Gasteiger partial charge in [-0.05, 0) is 0 Å². The molecule has 3 heterocycles. The third-order valence-electron chi connectivity index (χ3n) is 6.28. The molecule has 2 aromatic heterocycles. The molecule has 3 aromatic rings. The van der Waals surface area contributed by atoms with Crippen LogP contribution in [-0.4, -0.2) is 62.5 Å². The second kappa shape index (κ2) is 12.5. The number of halogens is 1. The van der Waals surface area contributed by atoms with Crippen LogP contribution in [0.3, 0.4) is 0 Å². The summed E-state index contributed by atoms with van der Waals surface area (Å²) in [5.41, 5.74) is 0.0980. The molecule has 16 heteroatoms.